The van der Waals surface area contributed by atoms with E-state index in [1.165, 1.54) is 0 Å². The average Bonchev–Trinajstić information content (AvgIpc) is 2.82. The van der Waals surface area contributed by atoms with Crippen molar-refractivity contribution in [3.63, 3.8) is 0 Å². The normalized spacial score (nSPS) is 14.1. The highest BCUT2D eigenvalue weighted by atomic mass is 32.2. The van der Waals surface area contributed by atoms with E-state index in [2.05, 4.69) is 10.3 Å². The standard InChI is InChI=1S/C15H22N4OS/c1-10(17-15(20)11(16)8-9-21-3)14-18-12-6-4-5-7-13(12)19(14)2/h4-7,10-11H,8-9,16H2,1-3H3,(H,17,20)/t10?,11-/m0/s1. The molecule has 0 aliphatic rings. The van der Waals surface area contributed by atoms with Crippen LogP contribution in [0.5, 0.6) is 0 Å². The number of benzene rings is 1. The zero-order chi connectivity index (χ0) is 15.4. The van der Waals surface area contributed by atoms with Crippen LogP contribution in [0.4, 0.5) is 0 Å². The molecule has 6 heteroatoms. The summed E-state index contributed by atoms with van der Waals surface area (Å²) in [5, 5.41) is 2.95. The lowest BCUT2D eigenvalue weighted by molar-refractivity contribution is -0.123. The molecule has 0 bridgehead atoms. The maximum atomic E-state index is 12.1. The Labute approximate surface area is 129 Å². The largest absolute Gasteiger partial charge is 0.345 e. The molecule has 0 saturated heterocycles. The molecule has 0 fully saturated rings. The van der Waals surface area contributed by atoms with Gasteiger partial charge in [-0.3, -0.25) is 4.79 Å². The minimum atomic E-state index is -0.463. The van der Waals surface area contributed by atoms with Gasteiger partial charge in [0.25, 0.3) is 0 Å². The molecular formula is C15H22N4OS. The van der Waals surface area contributed by atoms with Gasteiger partial charge in [-0.15, -0.1) is 0 Å². The SMILES string of the molecule is CSCC[C@H](N)C(=O)NC(C)c1nc2ccccc2n1C. The lowest BCUT2D eigenvalue weighted by Crippen LogP contribution is -2.42. The first-order valence-corrected chi connectivity index (χ1v) is 8.40. The van der Waals surface area contributed by atoms with Crippen LogP contribution in [0, 0.1) is 0 Å². The Kier molecular flexibility index (Phi) is 5.25. The number of imidazole rings is 1. The van der Waals surface area contributed by atoms with Crippen molar-refractivity contribution in [1.82, 2.24) is 14.9 Å². The Hall–Kier alpha value is -1.53. The van der Waals surface area contributed by atoms with Crippen molar-refractivity contribution in [3.8, 4) is 0 Å². The molecule has 2 atom stereocenters. The number of aryl methyl sites for hydroxylation is 1. The highest BCUT2D eigenvalue weighted by Gasteiger charge is 2.19. The molecule has 0 radical (unpaired) electrons. The summed E-state index contributed by atoms with van der Waals surface area (Å²) < 4.78 is 2.01. The van der Waals surface area contributed by atoms with Crippen LogP contribution < -0.4 is 11.1 Å². The van der Waals surface area contributed by atoms with Crippen molar-refractivity contribution in [2.24, 2.45) is 12.8 Å². The Balaban J connectivity index is 2.10. The fourth-order valence-corrected chi connectivity index (χ4v) is 2.80. The number of nitrogens with one attached hydrogen (secondary N) is 1. The highest BCUT2D eigenvalue weighted by Crippen LogP contribution is 2.19. The molecule has 1 heterocycles. The summed E-state index contributed by atoms with van der Waals surface area (Å²) in [7, 11) is 1.96. The van der Waals surface area contributed by atoms with Crippen LogP contribution in [0.2, 0.25) is 0 Å². The maximum absolute atomic E-state index is 12.1. The Morgan fingerprint density at radius 1 is 1.48 bits per heavy atom. The van der Waals surface area contributed by atoms with E-state index in [9.17, 15) is 4.79 Å². The zero-order valence-corrected chi connectivity index (χ0v) is 13.5. The van der Waals surface area contributed by atoms with E-state index in [4.69, 9.17) is 5.73 Å². The second-order valence-corrected chi connectivity index (χ2v) is 6.12. The third-order valence-electron chi connectivity index (χ3n) is 3.54. The topological polar surface area (TPSA) is 72.9 Å². The summed E-state index contributed by atoms with van der Waals surface area (Å²) in [6.45, 7) is 1.93. The number of thioether (sulfide) groups is 1. The van der Waals surface area contributed by atoms with Crippen LogP contribution in [0.3, 0.4) is 0 Å². The second kappa shape index (κ2) is 6.95. The average molecular weight is 306 g/mol. The number of nitrogens with zero attached hydrogens (tertiary/aromatic N) is 2. The van der Waals surface area contributed by atoms with E-state index in [1.54, 1.807) is 11.8 Å². The number of amides is 1. The third kappa shape index (κ3) is 3.57. The van der Waals surface area contributed by atoms with E-state index < -0.39 is 6.04 Å². The highest BCUT2D eigenvalue weighted by molar-refractivity contribution is 7.98. The van der Waals surface area contributed by atoms with Gasteiger partial charge >= 0.3 is 0 Å². The van der Waals surface area contributed by atoms with Crippen molar-refractivity contribution in [3.05, 3.63) is 30.1 Å². The first-order chi connectivity index (χ1) is 10.0. The number of carbonyl (C=O) groups excluding carboxylic acids is 1. The van der Waals surface area contributed by atoms with Crippen LogP contribution in [0.25, 0.3) is 11.0 Å². The van der Waals surface area contributed by atoms with E-state index in [1.807, 2.05) is 49.1 Å². The van der Waals surface area contributed by atoms with Crippen molar-refractivity contribution in [1.29, 1.82) is 0 Å². The predicted octanol–water partition coefficient (Wildman–Crippen LogP) is 1.83. The van der Waals surface area contributed by atoms with Gasteiger partial charge in [0.05, 0.1) is 23.1 Å². The molecule has 0 aliphatic heterocycles. The van der Waals surface area contributed by atoms with Crippen LogP contribution in [0.15, 0.2) is 24.3 Å². The predicted molar refractivity (Wildman–Crippen MR) is 88.2 cm³/mol. The minimum Gasteiger partial charge on any atom is -0.345 e. The van der Waals surface area contributed by atoms with E-state index in [0.717, 1.165) is 22.6 Å². The lowest BCUT2D eigenvalue weighted by atomic mass is 10.2. The first kappa shape index (κ1) is 15.9. The molecule has 2 rings (SSSR count). The van der Waals surface area contributed by atoms with E-state index >= 15 is 0 Å². The molecule has 1 unspecified atom stereocenters. The number of nitrogens with two attached hydrogens (primary N) is 1. The summed E-state index contributed by atoms with van der Waals surface area (Å²) in [5.41, 5.74) is 7.88. The van der Waals surface area contributed by atoms with Gasteiger partial charge in [-0.05, 0) is 37.5 Å². The van der Waals surface area contributed by atoms with Gasteiger partial charge in [-0.25, -0.2) is 4.98 Å². The van der Waals surface area contributed by atoms with Crippen LogP contribution in [-0.4, -0.2) is 33.5 Å². The first-order valence-electron chi connectivity index (χ1n) is 7.00. The molecule has 21 heavy (non-hydrogen) atoms. The smallest absolute Gasteiger partial charge is 0.237 e. The summed E-state index contributed by atoms with van der Waals surface area (Å²) >= 11 is 1.69. The van der Waals surface area contributed by atoms with E-state index in [0.29, 0.717) is 6.42 Å². The van der Waals surface area contributed by atoms with Crippen molar-refractivity contribution in [2.75, 3.05) is 12.0 Å². The van der Waals surface area contributed by atoms with Gasteiger partial charge in [0.2, 0.25) is 5.91 Å². The molecule has 1 aromatic carbocycles. The monoisotopic (exact) mass is 306 g/mol. The molecule has 2 aromatic rings. The number of hydrogen-bond acceptors (Lipinski definition) is 4. The summed E-state index contributed by atoms with van der Waals surface area (Å²) in [6, 6.07) is 7.29. The minimum absolute atomic E-state index is 0.122. The quantitative estimate of drug-likeness (QED) is 0.854. The molecule has 0 saturated carbocycles. The summed E-state index contributed by atoms with van der Waals surface area (Å²) in [4.78, 5) is 16.7. The fraction of sp³-hybridized carbons (Fsp3) is 0.467. The van der Waals surface area contributed by atoms with Gasteiger partial charge in [0.1, 0.15) is 5.82 Å². The molecule has 0 aliphatic carbocycles. The van der Waals surface area contributed by atoms with Crippen LogP contribution in [0.1, 0.15) is 25.2 Å². The van der Waals surface area contributed by atoms with Crippen molar-refractivity contribution in [2.45, 2.75) is 25.4 Å². The molecule has 1 amide bonds. The van der Waals surface area contributed by atoms with Gasteiger partial charge in [-0.2, -0.15) is 11.8 Å². The van der Waals surface area contributed by atoms with Crippen LogP contribution >= 0.6 is 11.8 Å². The van der Waals surface area contributed by atoms with Crippen LogP contribution in [-0.2, 0) is 11.8 Å². The van der Waals surface area contributed by atoms with Gasteiger partial charge in [-0.1, -0.05) is 12.1 Å². The Bertz CT molecular complexity index is 625. The Morgan fingerprint density at radius 2 is 2.19 bits per heavy atom. The Morgan fingerprint density at radius 3 is 2.86 bits per heavy atom. The molecule has 5 nitrogen and oxygen atoms in total. The van der Waals surface area contributed by atoms with Crippen molar-refractivity contribution < 1.29 is 4.79 Å². The molecular weight excluding hydrogens is 284 g/mol. The number of rotatable bonds is 6. The van der Waals surface area contributed by atoms with Gasteiger partial charge in [0.15, 0.2) is 0 Å². The molecule has 3 N–H and O–H groups in total. The molecule has 1 aromatic heterocycles. The zero-order valence-electron chi connectivity index (χ0n) is 12.7. The number of aromatic nitrogens is 2. The second-order valence-electron chi connectivity index (χ2n) is 5.14. The molecule has 114 valence electrons. The molecule has 0 spiro atoms. The number of hydrogen-bond donors (Lipinski definition) is 2. The summed E-state index contributed by atoms with van der Waals surface area (Å²) in [5.74, 6) is 1.60. The fourth-order valence-electron chi connectivity index (χ4n) is 2.31. The maximum Gasteiger partial charge on any atom is 0.237 e. The third-order valence-corrected chi connectivity index (χ3v) is 4.18. The number of para-hydroxylation sites is 2. The van der Waals surface area contributed by atoms with Gasteiger partial charge < -0.3 is 15.6 Å². The van der Waals surface area contributed by atoms with Crippen molar-refractivity contribution >= 4 is 28.7 Å². The van der Waals surface area contributed by atoms with E-state index in [-0.39, 0.29) is 11.9 Å². The number of fused-ring (bicyclic) bond motifs is 1. The lowest BCUT2D eigenvalue weighted by Gasteiger charge is -2.17. The summed E-state index contributed by atoms with van der Waals surface area (Å²) in [6.07, 6.45) is 2.69. The van der Waals surface area contributed by atoms with Gasteiger partial charge in [0, 0.05) is 7.05 Å². The number of carbonyl (C=O) groups is 1.